The average molecular weight is 915 g/mol. The van der Waals surface area contributed by atoms with E-state index >= 15 is 0 Å². The number of carbonyl (C=O) groups excluding carboxylic acids is 2. The van der Waals surface area contributed by atoms with Crippen molar-refractivity contribution in [1.29, 1.82) is 0 Å². The van der Waals surface area contributed by atoms with Crippen LogP contribution in [-0.4, -0.2) is 76.0 Å². The maximum atomic E-state index is 13.3. The summed E-state index contributed by atoms with van der Waals surface area (Å²) in [5.41, 5.74) is 4.64. The summed E-state index contributed by atoms with van der Waals surface area (Å²) in [6.07, 6.45) is 15.6. The number of hydrogen-bond acceptors (Lipinski definition) is 10. The second-order valence-electron chi connectivity index (χ2n) is 20.6. The Morgan fingerprint density at radius 1 is 0.537 bits per heavy atom. The monoisotopic (exact) mass is 914 g/mol. The highest BCUT2D eigenvalue weighted by atomic mass is 16.6. The molecule has 5 aliphatic rings. The van der Waals surface area contributed by atoms with Crippen LogP contribution >= 0.6 is 0 Å². The van der Waals surface area contributed by atoms with Gasteiger partial charge in [-0.1, -0.05) is 39.8 Å². The van der Waals surface area contributed by atoms with Crippen molar-refractivity contribution < 1.29 is 47.5 Å². The second-order valence-corrected chi connectivity index (χ2v) is 20.6. The Morgan fingerprint density at radius 2 is 0.955 bits per heavy atom. The first kappa shape index (κ1) is 47.3. The summed E-state index contributed by atoms with van der Waals surface area (Å²) in [6.45, 7) is 13.4. The normalized spacial score (nSPS) is 23.7. The summed E-state index contributed by atoms with van der Waals surface area (Å²) in [5.74, 6) is 3.93. The van der Waals surface area contributed by atoms with E-state index in [1.807, 2.05) is 60.7 Å². The Hall–Kier alpha value is -4.74. The smallest absolute Gasteiger partial charge is 0.343 e. The molecule has 0 amide bonds. The van der Waals surface area contributed by atoms with Gasteiger partial charge in [-0.3, -0.25) is 0 Å². The average Bonchev–Trinajstić information content (AvgIpc) is 4.27. The molecule has 2 saturated heterocycles. The molecule has 67 heavy (non-hydrogen) atoms. The first-order chi connectivity index (χ1) is 32.6. The Morgan fingerprint density at radius 3 is 1.37 bits per heavy atom. The van der Waals surface area contributed by atoms with E-state index in [4.69, 9.17) is 37.9 Å². The maximum absolute atomic E-state index is 13.3. The fourth-order valence-corrected chi connectivity index (χ4v) is 10.4. The van der Waals surface area contributed by atoms with E-state index in [1.54, 1.807) is 24.3 Å². The molecule has 0 radical (unpaired) electrons. The van der Waals surface area contributed by atoms with E-state index in [-0.39, 0.29) is 0 Å². The van der Waals surface area contributed by atoms with Crippen LogP contribution in [0.1, 0.15) is 137 Å². The molecule has 3 aliphatic carbocycles. The Bertz CT molecular complexity index is 2130. The molecule has 4 fully saturated rings. The van der Waals surface area contributed by atoms with Crippen molar-refractivity contribution >= 4 is 11.9 Å². The summed E-state index contributed by atoms with van der Waals surface area (Å²) < 4.78 is 47.1. The fraction of sp³-hybridized carbons (Fsp3) is 0.544. The lowest BCUT2D eigenvalue weighted by atomic mass is 9.82. The second kappa shape index (κ2) is 21.7. The number of epoxide rings is 2. The molecule has 0 N–H and O–H groups in total. The Labute approximate surface area is 397 Å². The van der Waals surface area contributed by atoms with Crippen LogP contribution in [0.2, 0.25) is 0 Å². The first-order valence-electron chi connectivity index (χ1n) is 25.2. The first-order valence-corrected chi connectivity index (χ1v) is 25.2. The van der Waals surface area contributed by atoms with Crippen LogP contribution in [0.3, 0.4) is 0 Å². The molecule has 9 rings (SSSR count). The van der Waals surface area contributed by atoms with Crippen molar-refractivity contribution in [2.24, 2.45) is 23.7 Å². The van der Waals surface area contributed by atoms with Crippen LogP contribution in [0.5, 0.6) is 23.0 Å². The van der Waals surface area contributed by atoms with Gasteiger partial charge in [-0.2, -0.15) is 0 Å². The molecule has 2 saturated carbocycles. The van der Waals surface area contributed by atoms with Crippen LogP contribution in [-0.2, 0) is 24.4 Å². The van der Waals surface area contributed by atoms with Crippen LogP contribution in [0.15, 0.2) is 84.9 Å². The minimum Gasteiger partial charge on any atom is -0.494 e. The number of fused-ring (bicyclic) bond motifs is 5. The predicted molar refractivity (Wildman–Crippen MR) is 257 cm³/mol. The minimum atomic E-state index is -0.433. The van der Waals surface area contributed by atoms with Crippen molar-refractivity contribution in [2.45, 2.75) is 135 Å². The van der Waals surface area contributed by atoms with Gasteiger partial charge in [0.15, 0.2) is 0 Å². The summed E-state index contributed by atoms with van der Waals surface area (Å²) in [6, 6.07) is 25.8. The van der Waals surface area contributed by atoms with E-state index in [9.17, 15) is 9.59 Å². The number of rotatable bonds is 24. The number of esters is 2. The third kappa shape index (κ3) is 12.5. The maximum Gasteiger partial charge on any atom is 0.343 e. The topological polar surface area (TPSA) is 115 Å². The lowest BCUT2D eigenvalue weighted by Crippen LogP contribution is -2.18. The molecular formula is C57H70O10. The Kier molecular flexibility index (Phi) is 15.3. The molecule has 4 aromatic carbocycles. The zero-order valence-electron chi connectivity index (χ0n) is 40.0. The number of ether oxygens (including phenoxy) is 8. The molecule has 4 aromatic rings. The van der Waals surface area contributed by atoms with Gasteiger partial charge in [0.1, 0.15) is 23.0 Å². The summed E-state index contributed by atoms with van der Waals surface area (Å²) in [4.78, 5) is 26.5. The van der Waals surface area contributed by atoms with Crippen LogP contribution in [0, 0.1) is 23.7 Å². The van der Waals surface area contributed by atoms with Crippen LogP contribution < -0.4 is 18.9 Å². The summed E-state index contributed by atoms with van der Waals surface area (Å²) >= 11 is 0. The van der Waals surface area contributed by atoms with E-state index in [0.717, 1.165) is 98.7 Å². The Balaban J connectivity index is 0.675. The van der Waals surface area contributed by atoms with Crippen molar-refractivity contribution in [3.05, 3.63) is 107 Å². The molecule has 0 bridgehead atoms. The molecule has 10 nitrogen and oxygen atoms in total. The molecule has 0 spiro atoms. The van der Waals surface area contributed by atoms with Crippen molar-refractivity contribution in [2.75, 3.05) is 39.6 Å². The van der Waals surface area contributed by atoms with Crippen LogP contribution in [0.4, 0.5) is 0 Å². The van der Waals surface area contributed by atoms with Gasteiger partial charge in [0.2, 0.25) is 0 Å². The zero-order chi connectivity index (χ0) is 46.3. The highest BCUT2D eigenvalue weighted by Crippen LogP contribution is 2.51. The zero-order valence-corrected chi connectivity index (χ0v) is 40.0. The molecule has 0 aromatic heterocycles. The van der Waals surface area contributed by atoms with Crippen LogP contribution in [0.25, 0.3) is 11.1 Å². The lowest BCUT2D eigenvalue weighted by molar-refractivity contribution is 0.0725. The fourth-order valence-electron chi connectivity index (χ4n) is 10.4. The van der Waals surface area contributed by atoms with Gasteiger partial charge in [-0.05, 0) is 196 Å². The SMILES string of the molecule is CC(CCCOCC1CCC2OC2C1)CCOc1ccc(C(=O)Oc2ccc3c(c2)C(C)(C)c2cc(OC(=O)c4ccc(OCCC(C)CCCOCC5CCC6OC6C5)cc4)ccc2-3)cc1. The third-order valence-corrected chi connectivity index (χ3v) is 14.9. The molecule has 8 unspecified atom stereocenters. The van der Waals surface area contributed by atoms with Crippen molar-refractivity contribution in [1.82, 2.24) is 0 Å². The van der Waals surface area contributed by atoms with Gasteiger partial charge in [-0.15, -0.1) is 0 Å². The van der Waals surface area contributed by atoms with Gasteiger partial charge in [-0.25, -0.2) is 9.59 Å². The van der Waals surface area contributed by atoms with Crippen molar-refractivity contribution in [3.63, 3.8) is 0 Å². The molecule has 2 aliphatic heterocycles. The quantitative estimate of drug-likeness (QED) is 0.0291. The van der Waals surface area contributed by atoms with E-state index in [2.05, 4.69) is 27.7 Å². The largest absolute Gasteiger partial charge is 0.494 e. The number of benzene rings is 4. The van der Waals surface area contributed by atoms with Crippen molar-refractivity contribution in [3.8, 4) is 34.1 Å². The summed E-state index contributed by atoms with van der Waals surface area (Å²) in [5, 5.41) is 0. The predicted octanol–water partition coefficient (Wildman–Crippen LogP) is 12.0. The van der Waals surface area contributed by atoms with Gasteiger partial charge in [0, 0.05) is 31.8 Å². The highest BCUT2D eigenvalue weighted by Gasteiger charge is 2.44. The van der Waals surface area contributed by atoms with Gasteiger partial charge in [0.05, 0.1) is 48.8 Å². The lowest BCUT2D eigenvalue weighted by Gasteiger charge is -2.22. The minimum absolute atomic E-state index is 0.431. The molecule has 10 heteroatoms. The van der Waals surface area contributed by atoms with Gasteiger partial charge in [0.25, 0.3) is 0 Å². The van der Waals surface area contributed by atoms with E-state index < -0.39 is 17.4 Å². The highest BCUT2D eigenvalue weighted by molar-refractivity contribution is 5.92. The molecule has 358 valence electrons. The van der Waals surface area contributed by atoms with E-state index in [1.165, 1.54) is 38.5 Å². The van der Waals surface area contributed by atoms with Gasteiger partial charge < -0.3 is 37.9 Å². The molecule has 8 atom stereocenters. The third-order valence-electron chi connectivity index (χ3n) is 14.9. The number of carbonyl (C=O) groups is 2. The summed E-state index contributed by atoms with van der Waals surface area (Å²) in [7, 11) is 0. The standard InChI is InChI=1S/C57H70O10/c1-37(7-5-27-60-35-39-9-23-51-53(31-39)66-51)25-29-62-43-15-11-41(12-16-43)55(58)64-45-19-21-47-48-22-20-46(34-50(48)57(3,4)49(47)33-45)65-56(59)42-13-17-44(18-14-42)63-30-26-38(2)8-6-28-61-36-40-10-24-52-54(32-40)67-52/h11-22,33-34,37-40,51-54H,5-10,23-32,35-36H2,1-4H3. The van der Waals surface area contributed by atoms with E-state index in [0.29, 0.717) is 83.9 Å². The van der Waals surface area contributed by atoms with Gasteiger partial charge >= 0.3 is 11.9 Å². The number of hydrogen-bond donors (Lipinski definition) is 0. The molecular weight excluding hydrogens is 845 g/mol. The molecule has 2 heterocycles.